The summed E-state index contributed by atoms with van der Waals surface area (Å²) < 4.78 is 2.99. The highest BCUT2D eigenvalue weighted by atomic mass is 79.9. The van der Waals surface area contributed by atoms with Gasteiger partial charge in [-0.15, -0.1) is 0 Å². The molecule has 0 spiro atoms. The smallest absolute Gasteiger partial charge is 0.178 e. The Morgan fingerprint density at radius 3 is 3.25 bits per heavy atom. The van der Waals surface area contributed by atoms with Crippen LogP contribution >= 0.6 is 15.9 Å². The molecule has 3 heteroatoms. The maximum Gasteiger partial charge on any atom is 0.178 e. The Morgan fingerprint density at radius 1 is 1.67 bits per heavy atom. The number of imidazole rings is 1. The fraction of sp³-hybridized carbons (Fsp3) is 0.222. The summed E-state index contributed by atoms with van der Waals surface area (Å²) in [6.45, 7) is 3.02. The number of aryl methyl sites for hydroxylation is 1. The zero-order chi connectivity index (χ0) is 8.55. The monoisotopic (exact) mass is 223 g/mol. The largest absolute Gasteiger partial charge is 0.319 e. The molecule has 0 bridgehead atoms. The molecule has 0 saturated heterocycles. The molecule has 1 aromatic carbocycles. The number of hydrogen-bond donors (Lipinski definition) is 0. The van der Waals surface area contributed by atoms with Crippen LogP contribution in [-0.4, -0.2) is 9.55 Å². The molecule has 0 unspecified atom stereocenters. The molecule has 2 aromatic rings. The first-order valence-electron chi connectivity index (χ1n) is 3.84. The van der Waals surface area contributed by atoms with E-state index >= 15 is 0 Å². The molecule has 0 N–H and O–H groups in total. The average molecular weight is 224 g/mol. The van der Waals surface area contributed by atoms with Gasteiger partial charge in [0.1, 0.15) is 0 Å². The normalized spacial score (nSPS) is 10.8. The summed E-state index contributed by atoms with van der Waals surface area (Å²) in [7, 11) is 0. The molecule has 2 rings (SSSR count). The summed E-state index contributed by atoms with van der Waals surface area (Å²) in [6, 6.07) is 8.84. The summed E-state index contributed by atoms with van der Waals surface area (Å²) in [6.07, 6.45) is 0. The summed E-state index contributed by atoms with van der Waals surface area (Å²) in [4.78, 5) is 4.34. The molecule has 1 radical (unpaired) electrons. The van der Waals surface area contributed by atoms with Gasteiger partial charge >= 0.3 is 0 Å². The lowest BCUT2D eigenvalue weighted by Gasteiger charge is -1.98. The molecule has 12 heavy (non-hydrogen) atoms. The van der Waals surface area contributed by atoms with E-state index < -0.39 is 0 Å². The van der Waals surface area contributed by atoms with Crippen molar-refractivity contribution in [3.63, 3.8) is 0 Å². The highest BCUT2D eigenvalue weighted by Crippen LogP contribution is 2.18. The molecule has 0 aliphatic carbocycles. The molecular weight excluding hydrogens is 216 g/mol. The highest BCUT2D eigenvalue weighted by Gasteiger charge is 2.04. The highest BCUT2D eigenvalue weighted by molar-refractivity contribution is 9.10. The van der Waals surface area contributed by atoms with E-state index in [-0.39, 0.29) is 0 Å². The van der Waals surface area contributed by atoms with E-state index in [0.29, 0.717) is 0 Å². The first-order chi connectivity index (χ1) is 5.83. The molecular formula is C9H8BrN2. The minimum atomic E-state index is 0.889. The van der Waals surface area contributed by atoms with Gasteiger partial charge in [0.2, 0.25) is 0 Å². The van der Waals surface area contributed by atoms with Crippen molar-refractivity contribution < 1.29 is 0 Å². The van der Waals surface area contributed by atoms with Crippen molar-refractivity contribution in [2.45, 2.75) is 13.5 Å². The maximum atomic E-state index is 4.34. The van der Waals surface area contributed by atoms with Crippen LogP contribution in [0.15, 0.2) is 22.9 Å². The Kier molecular flexibility index (Phi) is 1.89. The lowest BCUT2D eigenvalue weighted by atomic mass is 10.3. The van der Waals surface area contributed by atoms with Gasteiger partial charge in [0, 0.05) is 6.54 Å². The second kappa shape index (κ2) is 2.90. The first-order valence-corrected chi connectivity index (χ1v) is 4.64. The molecule has 0 aliphatic rings. The minimum Gasteiger partial charge on any atom is -0.319 e. The van der Waals surface area contributed by atoms with Crippen molar-refractivity contribution in [1.29, 1.82) is 0 Å². The average Bonchev–Trinajstić information content (AvgIpc) is 2.40. The maximum absolute atomic E-state index is 4.34. The fourth-order valence-corrected chi connectivity index (χ4v) is 1.92. The Hall–Kier alpha value is -0.830. The van der Waals surface area contributed by atoms with E-state index in [2.05, 4.69) is 38.5 Å². The van der Waals surface area contributed by atoms with Crippen LogP contribution in [0.4, 0.5) is 0 Å². The van der Waals surface area contributed by atoms with Gasteiger partial charge in [-0.2, -0.15) is 0 Å². The van der Waals surface area contributed by atoms with E-state index in [1.807, 2.05) is 18.2 Å². The van der Waals surface area contributed by atoms with E-state index in [4.69, 9.17) is 0 Å². The minimum absolute atomic E-state index is 0.889. The third-order valence-electron chi connectivity index (χ3n) is 1.86. The molecule has 0 saturated carbocycles. The fourth-order valence-electron chi connectivity index (χ4n) is 1.28. The molecule has 0 atom stereocenters. The van der Waals surface area contributed by atoms with Gasteiger partial charge in [-0.25, -0.2) is 4.98 Å². The van der Waals surface area contributed by atoms with Crippen molar-refractivity contribution in [3.8, 4) is 0 Å². The molecule has 1 heterocycles. The van der Waals surface area contributed by atoms with Gasteiger partial charge in [-0.1, -0.05) is 6.07 Å². The second-order valence-corrected chi connectivity index (χ2v) is 3.25. The standard InChI is InChI=1S/C9H8BrN2/c1-2-12-8-6-4-3-5-7(8)11-9(12)10/h3,5-6H,2H2,1H3. The molecule has 0 amide bonds. The zero-order valence-corrected chi connectivity index (χ0v) is 8.30. The van der Waals surface area contributed by atoms with E-state index in [1.165, 1.54) is 0 Å². The number of aromatic nitrogens is 2. The molecule has 61 valence electrons. The number of benzene rings is 1. The summed E-state index contributed by atoms with van der Waals surface area (Å²) in [5.41, 5.74) is 2.15. The SMILES string of the molecule is CCn1c(Br)nc2cc[c]cc21. The lowest BCUT2D eigenvalue weighted by Crippen LogP contribution is -1.92. The van der Waals surface area contributed by atoms with E-state index in [9.17, 15) is 0 Å². The Balaban J connectivity index is 2.81. The van der Waals surface area contributed by atoms with Crippen LogP contribution in [0.2, 0.25) is 0 Å². The van der Waals surface area contributed by atoms with Crippen molar-refractivity contribution in [1.82, 2.24) is 9.55 Å². The van der Waals surface area contributed by atoms with Crippen LogP contribution in [0.5, 0.6) is 0 Å². The van der Waals surface area contributed by atoms with Gasteiger partial charge < -0.3 is 4.57 Å². The third-order valence-corrected chi connectivity index (χ3v) is 2.47. The van der Waals surface area contributed by atoms with Gasteiger partial charge in [-0.3, -0.25) is 0 Å². The van der Waals surface area contributed by atoms with Crippen LogP contribution in [-0.2, 0) is 6.54 Å². The van der Waals surface area contributed by atoms with Gasteiger partial charge in [0.15, 0.2) is 4.73 Å². The predicted molar refractivity (Wildman–Crippen MR) is 51.9 cm³/mol. The van der Waals surface area contributed by atoms with Crippen LogP contribution in [0, 0.1) is 6.07 Å². The number of halogens is 1. The van der Waals surface area contributed by atoms with Crippen molar-refractivity contribution in [2.24, 2.45) is 0 Å². The molecule has 0 fully saturated rings. The van der Waals surface area contributed by atoms with E-state index in [1.54, 1.807) is 0 Å². The molecule has 0 aliphatic heterocycles. The number of fused-ring (bicyclic) bond motifs is 1. The molecule has 1 aromatic heterocycles. The van der Waals surface area contributed by atoms with Crippen LogP contribution in [0.3, 0.4) is 0 Å². The van der Waals surface area contributed by atoms with Crippen molar-refractivity contribution in [2.75, 3.05) is 0 Å². The zero-order valence-electron chi connectivity index (χ0n) is 6.71. The number of hydrogen-bond acceptors (Lipinski definition) is 1. The Bertz CT molecular complexity index is 406. The summed E-state index contributed by atoms with van der Waals surface area (Å²) in [5.74, 6) is 0. The van der Waals surface area contributed by atoms with Crippen molar-refractivity contribution >= 4 is 27.0 Å². The topological polar surface area (TPSA) is 17.8 Å². The lowest BCUT2D eigenvalue weighted by molar-refractivity contribution is 0.765. The van der Waals surface area contributed by atoms with Crippen LogP contribution < -0.4 is 0 Å². The molecule has 2 nitrogen and oxygen atoms in total. The third kappa shape index (κ3) is 1.05. The second-order valence-electron chi connectivity index (χ2n) is 2.54. The first kappa shape index (κ1) is 7.80. The van der Waals surface area contributed by atoms with Crippen LogP contribution in [0.25, 0.3) is 11.0 Å². The summed E-state index contributed by atoms with van der Waals surface area (Å²) >= 11 is 3.41. The summed E-state index contributed by atoms with van der Waals surface area (Å²) in [5, 5.41) is 0. The van der Waals surface area contributed by atoms with Crippen molar-refractivity contribution in [3.05, 3.63) is 29.0 Å². The van der Waals surface area contributed by atoms with Gasteiger partial charge in [-0.05, 0) is 41.1 Å². The van der Waals surface area contributed by atoms with Crippen LogP contribution in [0.1, 0.15) is 6.92 Å². The Labute approximate surface area is 79.3 Å². The number of nitrogens with zero attached hydrogens (tertiary/aromatic N) is 2. The van der Waals surface area contributed by atoms with E-state index in [0.717, 1.165) is 22.3 Å². The number of rotatable bonds is 1. The quantitative estimate of drug-likeness (QED) is 0.727. The van der Waals surface area contributed by atoms with Gasteiger partial charge in [0.25, 0.3) is 0 Å². The Morgan fingerprint density at radius 2 is 2.50 bits per heavy atom. The van der Waals surface area contributed by atoms with Gasteiger partial charge in [0.05, 0.1) is 11.0 Å². The predicted octanol–water partition coefficient (Wildman–Crippen LogP) is 2.62.